The van der Waals surface area contributed by atoms with Gasteiger partial charge in [0.05, 0.1) is 17.2 Å². The van der Waals surface area contributed by atoms with Crippen LogP contribution < -0.4 is 0 Å². The zero-order chi connectivity index (χ0) is 20.0. The van der Waals surface area contributed by atoms with Crippen LogP contribution in [0, 0.1) is 0 Å². The molecule has 2 aromatic rings. The second-order valence-electron chi connectivity index (χ2n) is 6.33. The topological polar surface area (TPSA) is 71.1 Å². The molecule has 0 amide bonds. The Bertz CT molecular complexity index is 712. The fourth-order valence-corrected chi connectivity index (χ4v) is 2.62. The van der Waals surface area contributed by atoms with Crippen molar-refractivity contribution in [2.24, 2.45) is 0 Å². The first-order chi connectivity index (χ1) is 13.7. The summed E-state index contributed by atoms with van der Waals surface area (Å²) in [5.41, 5.74) is 2.27. The van der Waals surface area contributed by atoms with Crippen LogP contribution in [0.25, 0.3) is 11.1 Å². The second-order valence-corrected chi connectivity index (χ2v) is 6.33. The third kappa shape index (κ3) is 7.80. The van der Waals surface area contributed by atoms with Gasteiger partial charge in [-0.1, -0.05) is 81.5 Å². The average molecular weight is 386 g/mol. The van der Waals surface area contributed by atoms with Crippen LogP contribution >= 0.6 is 0 Å². The van der Waals surface area contributed by atoms with Crippen molar-refractivity contribution in [3.05, 3.63) is 60.2 Å². The third-order valence-corrected chi connectivity index (χ3v) is 4.16. The summed E-state index contributed by atoms with van der Waals surface area (Å²) < 4.78 is 4.82. The Morgan fingerprint density at radius 1 is 0.750 bits per heavy atom. The number of carbonyl (C=O) groups excluding carboxylic acids is 2. The van der Waals surface area contributed by atoms with Crippen LogP contribution in [0.15, 0.2) is 54.6 Å². The molecule has 0 heterocycles. The quantitative estimate of drug-likeness (QED) is 0.208. The highest BCUT2D eigenvalue weighted by molar-refractivity contribution is 5.89. The van der Waals surface area contributed by atoms with E-state index in [1.807, 2.05) is 30.3 Å². The molecule has 0 aliphatic heterocycles. The summed E-state index contributed by atoms with van der Waals surface area (Å²) in [6, 6.07) is 16.6. The van der Waals surface area contributed by atoms with Crippen molar-refractivity contribution in [3.63, 3.8) is 0 Å². The van der Waals surface area contributed by atoms with Crippen molar-refractivity contribution in [2.75, 3.05) is 6.61 Å². The van der Waals surface area contributed by atoms with E-state index >= 15 is 0 Å². The molecule has 0 N–H and O–H groups in total. The van der Waals surface area contributed by atoms with E-state index in [4.69, 9.17) is 4.74 Å². The summed E-state index contributed by atoms with van der Waals surface area (Å²) in [5, 5.41) is 4.21. The molecule has 0 unspecified atom stereocenters. The molecule has 2 aromatic carbocycles. The van der Waals surface area contributed by atoms with E-state index in [1.165, 1.54) is 19.3 Å². The van der Waals surface area contributed by atoms with Crippen molar-refractivity contribution in [1.29, 1.82) is 0 Å². The standard InChI is InChI=1S/C22H26O6/c1-2-3-4-5-6-10-17-25-22(24)27-28-26-21(23)20-15-13-19(14-16-20)18-11-8-7-9-12-18/h7-9,11-16H,2-6,10,17H2,1H3. The first kappa shape index (κ1) is 21.4. The van der Waals surface area contributed by atoms with Gasteiger partial charge in [-0.25, -0.2) is 14.5 Å². The van der Waals surface area contributed by atoms with Gasteiger partial charge in [0.2, 0.25) is 0 Å². The van der Waals surface area contributed by atoms with Crippen LogP contribution in [0.4, 0.5) is 4.79 Å². The lowest BCUT2D eigenvalue weighted by atomic mass is 10.0. The Morgan fingerprint density at radius 3 is 2.11 bits per heavy atom. The zero-order valence-electron chi connectivity index (χ0n) is 16.1. The van der Waals surface area contributed by atoms with Crippen molar-refractivity contribution in [1.82, 2.24) is 0 Å². The SMILES string of the molecule is CCCCCCCCOC(=O)OOOC(=O)c1ccc(-c2ccccc2)cc1. The highest BCUT2D eigenvalue weighted by atomic mass is 17.5. The maximum atomic E-state index is 11.9. The number of hydrogen-bond donors (Lipinski definition) is 0. The molecule has 0 radical (unpaired) electrons. The van der Waals surface area contributed by atoms with Gasteiger partial charge >= 0.3 is 12.1 Å². The minimum absolute atomic E-state index is 0.239. The maximum Gasteiger partial charge on any atom is 0.543 e. The van der Waals surface area contributed by atoms with Crippen molar-refractivity contribution >= 4 is 12.1 Å². The van der Waals surface area contributed by atoms with Crippen LogP contribution in [-0.4, -0.2) is 18.7 Å². The monoisotopic (exact) mass is 386 g/mol. The number of unbranched alkanes of at least 4 members (excludes halogenated alkanes) is 5. The minimum atomic E-state index is -1.04. The van der Waals surface area contributed by atoms with E-state index in [2.05, 4.69) is 21.7 Å². The van der Waals surface area contributed by atoms with Gasteiger partial charge in [-0.05, 0) is 29.7 Å². The molecule has 150 valence electrons. The molecule has 0 aromatic heterocycles. The number of rotatable bonds is 11. The first-order valence-electron chi connectivity index (χ1n) is 9.58. The average Bonchev–Trinajstić information content (AvgIpc) is 2.74. The Kier molecular flexibility index (Phi) is 9.58. The van der Waals surface area contributed by atoms with E-state index in [1.54, 1.807) is 24.3 Å². The predicted molar refractivity (Wildman–Crippen MR) is 104 cm³/mol. The largest absolute Gasteiger partial charge is 0.543 e. The zero-order valence-corrected chi connectivity index (χ0v) is 16.1. The van der Waals surface area contributed by atoms with E-state index in [0.29, 0.717) is 0 Å². The van der Waals surface area contributed by atoms with Crippen molar-refractivity contribution in [2.45, 2.75) is 45.4 Å². The van der Waals surface area contributed by atoms with Crippen molar-refractivity contribution in [3.8, 4) is 11.1 Å². The Morgan fingerprint density at radius 2 is 1.39 bits per heavy atom. The minimum Gasteiger partial charge on any atom is -0.432 e. The highest BCUT2D eigenvalue weighted by Gasteiger charge is 2.12. The molecular formula is C22H26O6. The summed E-state index contributed by atoms with van der Waals surface area (Å²) in [4.78, 5) is 31.9. The van der Waals surface area contributed by atoms with Gasteiger partial charge in [0.1, 0.15) is 0 Å². The lowest BCUT2D eigenvalue weighted by Crippen LogP contribution is -2.12. The van der Waals surface area contributed by atoms with Crippen LogP contribution in [0.2, 0.25) is 0 Å². The molecule has 0 fully saturated rings. The van der Waals surface area contributed by atoms with Gasteiger partial charge in [0.25, 0.3) is 0 Å². The number of ether oxygens (including phenoxy) is 1. The summed E-state index contributed by atoms with van der Waals surface area (Å²) in [6.07, 6.45) is 5.41. The molecule has 2 rings (SSSR count). The second kappa shape index (κ2) is 12.5. The third-order valence-electron chi connectivity index (χ3n) is 4.16. The predicted octanol–water partition coefficient (Wildman–Crippen LogP) is 5.87. The summed E-state index contributed by atoms with van der Waals surface area (Å²) in [7, 11) is 0. The smallest absolute Gasteiger partial charge is 0.432 e. The van der Waals surface area contributed by atoms with Gasteiger partial charge in [-0.15, -0.1) is 0 Å². The highest BCUT2D eigenvalue weighted by Crippen LogP contribution is 2.19. The van der Waals surface area contributed by atoms with Crippen LogP contribution in [0.5, 0.6) is 0 Å². The van der Waals surface area contributed by atoms with E-state index in [9.17, 15) is 9.59 Å². The molecular weight excluding hydrogens is 360 g/mol. The molecule has 0 aliphatic rings. The number of carbonyl (C=O) groups is 2. The lowest BCUT2D eigenvalue weighted by Gasteiger charge is -2.05. The lowest BCUT2D eigenvalue weighted by molar-refractivity contribution is -0.452. The van der Waals surface area contributed by atoms with Gasteiger partial charge in [-0.3, -0.25) is 4.89 Å². The normalized spacial score (nSPS) is 10.3. The molecule has 0 aliphatic carbocycles. The number of hydrogen-bond acceptors (Lipinski definition) is 6. The van der Waals surface area contributed by atoms with E-state index in [0.717, 1.165) is 30.4 Å². The van der Waals surface area contributed by atoms with Gasteiger partial charge in [-0.2, -0.15) is 0 Å². The van der Waals surface area contributed by atoms with Crippen LogP contribution in [0.3, 0.4) is 0 Å². The summed E-state index contributed by atoms with van der Waals surface area (Å²) in [5.74, 6) is -0.775. The van der Waals surface area contributed by atoms with Gasteiger partial charge in [0, 0.05) is 0 Å². The molecule has 0 bridgehead atoms. The number of benzene rings is 2. The van der Waals surface area contributed by atoms with Gasteiger partial charge < -0.3 is 4.74 Å². The van der Waals surface area contributed by atoms with Gasteiger partial charge in [0.15, 0.2) is 0 Å². The molecule has 28 heavy (non-hydrogen) atoms. The fourth-order valence-electron chi connectivity index (χ4n) is 2.62. The van der Waals surface area contributed by atoms with Crippen LogP contribution in [-0.2, 0) is 19.6 Å². The molecule has 0 spiro atoms. The summed E-state index contributed by atoms with van der Waals surface area (Å²) in [6.45, 7) is 2.40. The fraction of sp³-hybridized carbons (Fsp3) is 0.364. The summed E-state index contributed by atoms with van der Waals surface area (Å²) >= 11 is 0. The molecule has 0 saturated heterocycles. The Hall–Kier alpha value is -2.86. The van der Waals surface area contributed by atoms with E-state index in [-0.39, 0.29) is 12.2 Å². The molecule has 6 heteroatoms. The molecule has 0 atom stereocenters. The first-order valence-corrected chi connectivity index (χ1v) is 9.58. The molecule has 0 saturated carbocycles. The maximum absolute atomic E-state index is 11.9. The van der Waals surface area contributed by atoms with Crippen molar-refractivity contribution < 1.29 is 29.1 Å². The van der Waals surface area contributed by atoms with Crippen LogP contribution in [0.1, 0.15) is 55.8 Å². The molecule has 6 nitrogen and oxygen atoms in total. The van der Waals surface area contributed by atoms with E-state index < -0.39 is 12.1 Å². The Balaban J connectivity index is 1.62. The Labute approximate surface area is 165 Å².